The molecule has 0 spiro atoms. The number of pyridine rings is 1. The average Bonchev–Trinajstić information content (AvgIpc) is 2.71. The standard InChI is InChI=1S/C19H15Cl2N5O4/c1-11-16(9-22)24-26(19(28)23-11)12-7-14(20)18(15(21)8-12)30-13-3-4-17(27)25(10-13)5-6-29-2/h3-4,7-8,10H,1,5-6H2,2H3,(H,23,28). The Morgan fingerprint density at radius 2 is 1.97 bits per heavy atom. The number of nitriles is 1. The van der Waals surface area contributed by atoms with E-state index in [1.807, 2.05) is 6.07 Å². The third kappa shape index (κ3) is 4.46. The van der Waals surface area contributed by atoms with Crippen LogP contribution in [0.5, 0.6) is 11.5 Å². The summed E-state index contributed by atoms with van der Waals surface area (Å²) in [6, 6.07) is 6.88. The predicted molar refractivity (Wildman–Crippen MR) is 112 cm³/mol. The molecule has 1 aromatic heterocycles. The maximum absolute atomic E-state index is 12.2. The number of rotatable bonds is 6. The van der Waals surface area contributed by atoms with Crippen LogP contribution < -0.4 is 20.6 Å². The molecule has 154 valence electrons. The summed E-state index contributed by atoms with van der Waals surface area (Å²) in [5, 5.41) is 16.6. The number of allylic oxidation sites excluding steroid dienone is 1. The normalized spacial score (nSPS) is 13.5. The van der Waals surface area contributed by atoms with E-state index in [2.05, 4.69) is 17.0 Å². The van der Waals surface area contributed by atoms with Crippen LogP contribution in [0.1, 0.15) is 0 Å². The van der Waals surface area contributed by atoms with E-state index in [1.165, 1.54) is 42.1 Å². The number of hydrazone groups is 1. The van der Waals surface area contributed by atoms with Gasteiger partial charge in [0.2, 0.25) is 0 Å². The molecule has 2 heterocycles. The molecule has 2 amide bonds. The molecular weight excluding hydrogens is 433 g/mol. The Balaban J connectivity index is 1.92. The average molecular weight is 448 g/mol. The molecule has 0 aliphatic carbocycles. The second-order valence-corrected chi connectivity index (χ2v) is 6.83. The molecular formula is C19H15Cl2N5O4. The maximum Gasteiger partial charge on any atom is 0.347 e. The Hall–Kier alpha value is -3.32. The van der Waals surface area contributed by atoms with Crippen molar-refractivity contribution < 1.29 is 14.3 Å². The van der Waals surface area contributed by atoms with Crippen molar-refractivity contribution in [1.82, 2.24) is 9.88 Å². The van der Waals surface area contributed by atoms with E-state index < -0.39 is 6.03 Å². The smallest absolute Gasteiger partial charge is 0.347 e. The first-order valence-corrected chi connectivity index (χ1v) is 9.25. The van der Waals surface area contributed by atoms with Crippen molar-refractivity contribution in [2.75, 3.05) is 18.7 Å². The summed E-state index contributed by atoms with van der Waals surface area (Å²) in [5.74, 6) is 0.462. The Labute approximate surface area is 181 Å². The van der Waals surface area contributed by atoms with Crippen LogP contribution in [-0.4, -0.2) is 30.0 Å². The molecule has 1 aliphatic rings. The quantitative estimate of drug-likeness (QED) is 0.728. The highest BCUT2D eigenvalue weighted by Crippen LogP contribution is 2.40. The number of urea groups is 1. The fourth-order valence-electron chi connectivity index (χ4n) is 2.53. The largest absolute Gasteiger partial charge is 0.453 e. The minimum Gasteiger partial charge on any atom is -0.453 e. The van der Waals surface area contributed by atoms with E-state index in [4.69, 9.17) is 37.9 Å². The number of benzene rings is 1. The zero-order chi connectivity index (χ0) is 21.8. The van der Waals surface area contributed by atoms with Gasteiger partial charge in [-0.25, -0.2) is 4.79 Å². The predicted octanol–water partition coefficient (Wildman–Crippen LogP) is 3.52. The van der Waals surface area contributed by atoms with Gasteiger partial charge in [-0.2, -0.15) is 15.4 Å². The number of hydrogen-bond acceptors (Lipinski definition) is 6. The van der Waals surface area contributed by atoms with Gasteiger partial charge >= 0.3 is 6.03 Å². The third-order valence-electron chi connectivity index (χ3n) is 3.98. The van der Waals surface area contributed by atoms with Crippen molar-refractivity contribution >= 4 is 40.6 Å². The molecule has 3 rings (SSSR count). The highest BCUT2D eigenvalue weighted by Gasteiger charge is 2.26. The van der Waals surface area contributed by atoms with Crippen LogP contribution in [-0.2, 0) is 11.3 Å². The van der Waals surface area contributed by atoms with Gasteiger partial charge in [-0.1, -0.05) is 29.8 Å². The van der Waals surface area contributed by atoms with Crippen LogP contribution >= 0.6 is 23.2 Å². The molecule has 2 aromatic rings. The lowest BCUT2D eigenvalue weighted by Gasteiger charge is -2.24. The van der Waals surface area contributed by atoms with Crippen molar-refractivity contribution in [3.63, 3.8) is 0 Å². The summed E-state index contributed by atoms with van der Waals surface area (Å²) in [7, 11) is 1.54. The summed E-state index contributed by atoms with van der Waals surface area (Å²) in [6.45, 7) is 4.26. The number of halogens is 2. The third-order valence-corrected chi connectivity index (χ3v) is 4.54. The topological polar surface area (TPSA) is 109 Å². The summed E-state index contributed by atoms with van der Waals surface area (Å²) in [4.78, 5) is 24.1. The number of ether oxygens (including phenoxy) is 2. The Bertz CT molecular complexity index is 1130. The van der Waals surface area contributed by atoms with Crippen molar-refractivity contribution in [3.05, 3.63) is 63.1 Å². The van der Waals surface area contributed by atoms with Crippen LogP contribution in [0, 0.1) is 11.3 Å². The lowest BCUT2D eigenvalue weighted by atomic mass is 10.2. The van der Waals surface area contributed by atoms with Gasteiger partial charge in [0.15, 0.2) is 11.5 Å². The monoisotopic (exact) mass is 447 g/mol. The number of carbonyl (C=O) groups excluding carboxylic acids is 1. The minimum absolute atomic E-state index is 0.0551. The molecule has 0 saturated heterocycles. The zero-order valence-electron chi connectivity index (χ0n) is 15.7. The van der Waals surface area contributed by atoms with E-state index in [0.717, 1.165) is 5.01 Å². The van der Waals surface area contributed by atoms with Gasteiger partial charge in [0, 0.05) is 25.9 Å². The van der Waals surface area contributed by atoms with Crippen molar-refractivity contribution in [2.24, 2.45) is 5.10 Å². The maximum atomic E-state index is 12.2. The Morgan fingerprint density at radius 1 is 1.27 bits per heavy atom. The fourth-order valence-corrected chi connectivity index (χ4v) is 3.08. The van der Waals surface area contributed by atoms with Gasteiger partial charge in [0.05, 0.1) is 28.0 Å². The Morgan fingerprint density at radius 3 is 2.60 bits per heavy atom. The van der Waals surface area contributed by atoms with E-state index in [9.17, 15) is 9.59 Å². The molecule has 0 bridgehead atoms. The SMILES string of the molecule is C=C1NC(=O)N(c2cc(Cl)c(Oc3ccc(=O)n(CCOC)c3)c(Cl)c2)N=C1C#N. The molecule has 0 radical (unpaired) electrons. The first-order chi connectivity index (χ1) is 14.3. The van der Waals surface area contributed by atoms with Crippen LogP contribution in [0.2, 0.25) is 10.0 Å². The van der Waals surface area contributed by atoms with E-state index in [-0.39, 0.29) is 38.5 Å². The second kappa shape index (κ2) is 9.00. The van der Waals surface area contributed by atoms with E-state index in [0.29, 0.717) is 18.9 Å². The molecule has 9 nitrogen and oxygen atoms in total. The summed E-state index contributed by atoms with van der Waals surface area (Å²) < 4.78 is 12.2. The highest BCUT2D eigenvalue weighted by atomic mass is 35.5. The first-order valence-electron chi connectivity index (χ1n) is 8.49. The number of anilines is 1. The van der Waals surface area contributed by atoms with Gasteiger partial charge in [-0.05, 0) is 18.2 Å². The number of aromatic nitrogens is 1. The van der Waals surface area contributed by atoms with Crippen LogP contribution in [0.15, 0.2) is 52.6 Å². The van der Waals surface area contributed by atoms with Gasteiger partial charge in [0.1, 0.15) is 11.8 Å². The van der Waals surface area contributed by atoms with Crippen LogP contribution in [0.25, 0.3) is 0 Å². The minimum atomic E-state index is -0.620. The number of nitrogens with zero attached hydrogens (tertiary/aromatic N) is 4. The molecule has 1 aromatic carbocycles. The van der Waals surface area contributed by atoms with E-state index in [1.54, 1.807) is 0 Å². The fraction of sp³-hybridized carbons (Fsp3) is 0.158. The molecule has 0 unspecified atom stereocenters. The van der Waals surface area contributed by atoms with E-state index >= 15 is 0 Å². The highest BCUT2D eigenvalue weighted by molar-refractivity contribution is 6.37. The van der Waals surface area contributed by atoms with Crippen LogP contribution in [0.4, 0.5) is 10.5 Å². The zero-order valence-corrected chi connectivity index (χ0v) is 17.2. The summed E-state index contributed by atoms with van der Waals surface area (Å²) >= 11 is 12.6. The van der Waals surface area contributed by atoms with Crippen molar-refractivity contribution in [1.29, 1.82) is 5.26 Å². The number of amides is 2. The van der Waals surface area contributed by atoms with Gasteiger partial charge in [-0.15, -0.1) is 0 Å². The number of methoxy groups -OCH3 is 1. The molecule has 1 N–H and O–H groups in total. The number of carbonyl (C=O) groups is 1. The van der Waals surface area contributed by atoms with Gasteiger partial charge < -0.3 is 19.4 Å². The van der Waals surface area contributed by atoms with Crippen molar-refractivity contribution in [3.8, 4) is 17.6 Å². The summed E-state index contributed by atoms with van der Waals surface area (Å²) in [6.07, 6.45) is 1.51. The molecule has 1 aliphatic heterocycles. The molecule has 0 atom stereocenters. The number of hydrogen-bond donors (Lipinski definition) is 1. The molecule has 0 fully saturated rings. The lowest BCUT2D eigenvalue weighted by Crippen LogP contribution is -2.42. The van der Waals surface area contributed by atoms with Gasteiger partial charge in [0.25, 0.3) is 5.56 Å². The Kier molecular flexibility index (Phi) is 6.42. The number of nitrogens with one attached hydrogen (secondary N) is 1. The molecule has 11 heteroatoms. The second-order valence-electron chi connectivity index (χ2n) is 6.01. The van der Waals surface area contributed by atoms with Gasteiger partial charge in [-0.3, -0.25) is 4.79 Å². The van der Waals surface area contributed by atoms with Crippen molar-refractivity contribution in [2.45, 2.75) is 6.54 Å². The lowest BCUT2D eigenvalue weighted by molar-refractivity contribution is 0.186. The van der Waals surface area contributed by atoms with Crippen LogP contribution in [0.3, 0.4) is 0 Å². The molecule has 0 saturated carbocycles. The summed E-state index contributed by atoms with van der Waals surface area (Å²) in [5.41, 5.74) is 0.0518. The molecule has 30 heavy (non-hydrogen) atoms. The first kappa shape index (κ1) is 21.4.